The molecule has 1 aromatic heterocycles. The molecule has 0 saturated heterocycles. The zero-order valence-electron chi connectivity index (χ0n) is 4.50. The molecule has 2 nitrogen and oxygen atoms in total. The zero-order valence-corrected chi connectivity index (χ0v) is 5.26. The molecule has 8 heavy (non-hydrogen) atoms. The molecule has 0 fully saturated rings. The van der Waals surface area contributed by atoms with Gasteiger partial charge in [0.15, 0.2) is 5.15 Å². The molecule has 0 spiro atoms. The van der Waals surface area contributed by atoms with E-state index >= 15 is 0 Å². The van der Waals surface area contributed by atoms with Crippen LogP contribution >= 0.6 is 11.6 Å². The van der Waals surface area contributed by atoms with Crippen molar-refractivity contribution in [3.63, 3.8) is 0 Å². The number of rotatable bonds is 0. The summed E-state index contributed by atoms with van der Waals surface area (Å²) in [7, 11) is 1.84. The van der Waals surface area contributed by atoms with Gasteiger partial charge >= 0.3 is 0 Å². The fourth-order valence-corrected chi connectivity index (χ4v) is 0.516. The first-order chi connectivity index (χ1) is 3.80. The molecule has 1 rings (SSSR count). The molecular weight excluding hydrogens is 124 g/mol. The number of hydrogen-bond acceptors (Lipinski definition) is 1. The van der Waals surface area contributed by atoms with Gasteiger partial charge in [-0.3, -0.25) is 0 Å². The second-order valence-electron chi connectivity index (χ2n) is 1.51. The van der Waals surface area contributed by atoms with Crippen LogP contribution in [0.3, 0.4) is 0 Å². The number of hydrogen-bond donors (Lipinski definition) is 0. The summed E-state index contributed by atoms with van der Waals surface area (Å²) in [5.41, 5.74) is 0. The summed E-state index contributed by atoms with van der Waals surface area (Å²) in [5.74, 6) is 0. The lowest BCUT2D eigenvalue weighted by molar-refractivity contribution is -0.672. The van der Waals surface area contributed by atoms with E-state index in [0.29, 0.717) is 5.15 Å². The summed E-state index contributed by atoms with van der Waals surface area (Å²) in [6, 6.07) is 1.74. The molecule has 0 N–H and O–H groups in total. The van der Waals surface area contributed by atoms with Gasteiger partial charge in [-0.05, 0) is 11.6 Å². The van der Waals surface area contributed by atoms with Crippen molar-refractivity contribution in [2.24, 2.45) is 7.05 Å². The predicted molar refractivity (Wildman–Crippen MR) is 30.4 cm³/mol. The maximum atomic E-state index is 5.63. The maximum Gasteiger partial charge on any atom is 0.286 e. The van der Waals surface area contributed by atoms with Crippen molar-refractivity contribution in [3.05, 3.63) is 23.7 Å². The largest absolute Gasteiger partial charge is 0.286 e. The van der Waals surface area contributed by atoms with Gasteiger partial charge in [0.05, 0.1) is 7.05 Å². The molecule has 0 bridgehead atoms. The third kappa shape index (κ3) is 0.954. The van der Waals surface area contributed by atoms with Gasteiger partial charge < -0.3 is 0 Å². The van der Waals surface area contributed by atoms with Crippen LogP contribution in [0.1, 0.15) is 0 Å². The Hall–Kier alpha value is -0.630. The number of nitrogens with zero attached hydrogens (tertiary/aromatic N) is 2. The van der Waals surface area contributed by atoms with E-state index in [-0.39, 0.29) is 0 Å². The van der Waals surface area contributed by atoms with Crippen LogP contribution in [0.2, 0.25) is 5.15 Å². The molecule has 42 valence electrons. The van der Waals surface area contributed by atoms with E-state index in [1.54, 1.807) is 23.2 Å². The lowest BCUT2D eigenvalue weighted by Crippen LogP contribution is -2.28. The van der Waals surface area contributed by atoms with Crippen LogP contribution in [0.15, 0.2) is 18.6 Å². The third-order valence-corrected chi connectivity index (χ3v) is 1.27. The topological polar surface area (TPSA) is 16.8 Å². The van der Waals surface area contributed by atoms with Gasteiger partial charge in [-0.25, -0.2) is 4.57 Å². The normalized spacial score (nSPS) is 9.25. The molecule has 0 amide bonds. The van der Waals surface area contributed by atoms with E-state index in [0.717, 1.165) is 0 Å². The summed E-state index contributed by atoms with van der Waals surface area (Å²) in [4.78, 5) is 3.82. The molecule has 0 atom stereocenters. The highest BCUT2D eigenvalue weighted by molar-refractivity contribution is 6.28. The quantitative estimate of drug-likeness (QED) is 0.370. The highest BCUT2D eigenvalue weighted by Crippen LogP contribution is 1.93. The van der Waals surface area contributed by atoms with Crippen LogP contribution < -0.4 is 4.57 Å². The van der Waals surface area contributed by atoms with Gasteiger partial charge in [0.1, 0.15) is 6.20 Å². The number of halogens is 1. The molecule has 0 aromatic carbocycles. The molecule has 0 aliphatic rings. The monoisotopic (exact) mass is 129 g/mol. The summed E-state index contributed by atoms with van der Waals surface area (Å²) >= 11 is 5.63. The average Bonchev–Trinajstić information content (AvgIpc) is 1.77. The van der Waals surface area contributed by atoms with Crippen LogP contribution in [0.5, 0.6) is 0 Å². The van der Waals surface area contributed by atoms with Crippen molar-refractivity contribution in [1.82, 2.24) is 4.98 Å². The van der Waals surface area contributed by atoms with Crippen LogP contribution in [-0.4, -0.2) is 4.98 Å². The number of aromatic nitrogens is 2. The molecular formula is C5H6ClN2+. The highest BCUT2D eigenvalue weighted by atomic mass is 35.5. The van der Waals surface area contributed by atoms with Crippen LogP contribution in [-0.2, 0) is 7.05 Å². The fraction of sp³-hybridized carbons (Fsp3) is 0.200. The van der Waals surface area contributed by atoms with Crippen LogP contribution in [0.25, 0.3) is 0 Å². The second kappa shape index (κ2) is 2.09. The first-order valence-electron chi connectivity index (χ1n) is 2.26. The minimum absolute atomic E-state index is 0.694. The van der Waals surface area contributed by atoms with E-state index in [4.69, 9.17) is 11.6 Å². The predicted octanol–water partition coefficient (Wildman–Crippen LogP) is 0.559. The molecule has 0 radical (unpaired) electrons. The first-order valence-corrected chi connectivity index (χ1v) is 2.63. The SMILES string of the molecule is C[n+]1cnccc1Cl. The Morgan fingerprint density at radius 2 is 2.50 bits per heavy atom. The van der Waals surface area contributed by atoms with E-state index in [2.05, 4.69) is 4.98 Å². The Kier molecular flexibility index (Phi) is 1.44. The van der Waals surface area contributed by atoms with E-state index in [1.807, 2.05) is 7.05 Å². The third-order valence-electron chi connectivity index (χ3n) is 0.875. The summed E-state index contributed by atoms with van der Waals surface area (Å²) in [6.45, 7) is 0. The Morgan fingerprint density at radius 3 is 2.88 bits per heavy atom. The molecule has 1 aromatic rings. The van der Waals surface area contributed by atoms with E-state index in [1.165, 1.54) is 0 Å². The van der Waals surface area contributed by atoms with Crippen molar-refractivity contribution >= 4 is 11.6 Å². The van der Waals surface area contributed by atoms with Gasteiger partial charge in [-0.1, -0.05) is 4.98 Å². The van der Waals surface area contributed by atoms with Gasteiger partial charge in [0.25, 0.3) is 6.33 Å². The minimum atomic E-state index is 0.694. The average molecular weight is 130 g/mol. The van der Waals surface area contributed by atoms with Crippen molar-refractivity contribution < 1.29 is 4.57 Å². The van der Waals surface area contributed by atoms with E-state index in [9.17, 15) is 0 Å². The van der Waals surface area contributed by atoms with Gasteiger partial charge in [0, 0.05) is 6.07 Å². The Morgan fingerprint density at radius 1 is 1.75 bits per heavy atom. The molecule has 0 aliphatic heterocycles. The van der Waals surface area contributed by atoms with Gasteiger partial charge in [0.2, 0.25) is 0 Å². The first kappa shape index (κ1) is 5.51. The highest BCUT2D eigenvalue weighted by Gasteiger charge is 1.93. The Bertz CT molecular complexity index is 167. The Balaban J connectivity index is 3.13. The van der Waals surface area contributed by atoms with Crippen molar-refractivity contribution in [2.75, 3.05) is 0 Å². The minimum Gasteiger partial charge on any atom is -0.223 e. The molecule has 3 heteroatoms. The number of aryl methyl sites for hydroxylation is 1. The van der Waals surface area contributed by atoms with Crippen molar-refractivity contribution in [3.8, 4) is 0 Å². The van der Waals surface area contributed by atoms with Gasteiger partial charge in [-0.15, -0.1) is 0 Å². The van der Waals surface area contributed by atoms with Crippen LogP contribution in [0, 0.1) is 0 Å². The fourth-order valence-electron chi connectivity index (χ4n) is 0.416. The standard InChI is InChI=1S/C5H6ClN2/c1-8-4-7-3-2-5(8)6/h2-4H,1H3/q+1. The lowest BCUT2D eigenvalue weighted by Gasteiger charge is -1.85. The smallest absolute Gasteiger partial charge is 0.223 e. The molecule has 0 saturated carbocycles. The van der Waals surface area contributed by atoms with Crippen molar-refractivity contribution in [2.45, 2.75) is 0 Å². The van der Waals surface area contributed by atoms with Crippen LogP contribution in [0.4, 0.5) is 0 Å². The summed E-state index contributed by atoms with van der Waals surface area (Å²) in [6.07, 6.45) is 3.31. The maximum absolute atomic E-state index is 5.63. The summed E-state index contributed by atoms with van der Waals surface area (Å²) < 4.78 is 1.74. The molecule has 0 unspecified atom stereocenters. The second-order valence-corrected chi connectivity index (χ2v) is 1.90. The summed E-state index contributed by atoms with van der Waals surface area (Å²) in [5, 5.41) is 0.694. The lowest BCUT2D eigenvalue weighted by atomic mass is 10.7. The molecule has 0 aliphatic carbocycles. The Labute approximate surface area is 52.7 Å². The zero-order chi connectivity index (χ0) is 5.98. The van der Waals surface area contributed by atoms with Gasteiger partial charge in [-0.2, -0.15) is 0 Å². The van der Waals surface area contributed by atoms with Crippen molar-refractivity contribution in [1.29, 1.82) is 0 Å². The van der Waals surface area contributed by atoms with E-state index < -0.39 is 0 Å². The molecule has 1 heterocycles.